The molecule has 0 spiro atoms. The molecule has 1 aliphatic rings. The minimum atomic E-state index is -4.51. The molecule has 2 rings (SSSR count). The summed E-state index contributed by atoms with van der Waals surface area (Å²) in [5, 5.41) is 2.67. The van der Waals surface area contributed by atoms with Gasteiger partial charge in [0.05, 0.1) is 0 Å². The van der Waals surface area contributed by atoms with Gasteiger partial charge in [0.1, 0.15) is 5.82 Å². The molecule has 1 saturated carbocycles. The van der Waals surface area contributed by atoms with E-state index in [1.54, 1.807) is 0 Å². The van der Waals surface area contributed by atoms with Gasteiger partial charge in [-0.25, -0.2) is 9.97 Å². The minimum Gasteiger partial charge on any atom is -0.364 e. The number of hydrogen-bond acceptors (Lipinski definition) is 3. The van der Waals surface area contributed by atoms with Gasteiger partial charge in [-0.15, -0.1) is 0 Å². The van der Waals surface area contributed by atoms with Crippen molar-refractivity contribution in [2.45, 2.75) is 44.3 Å². The maximum Gasteiger partial charge on any atom is 0.433 e. The van der Waals surface area contributed by atoms with E-state index in [1.807, 2.05) is 6.92 Å². The average Bonchev–Trinajstić information content (AvgIpc) is 2.21. The third kappa shape index (κ3) is 2.68. The van der Waals surface area contributed by atoms with E-state index in [1.165, 1.54) is 0 Å². The van der Waals surface area contributed by atoms with Crippen molar-refractivity contribution in [2.75, 3.05) is 5.32 Å². The van der Waals surface area contributed by atoms with Gasteiger partial charge in [-0.3, -0.25) is 0 Å². The summed E-state index contributed by atoms with van der Waals surface area (Å²) in [6, 6.07) is 0.904. The second-order valence-corrected chi connectivity index (χ2v) is 4.86. The van der Waals surface area contributed by atoms with Gasteiger partial charge in [-0.05, 0) is 37.3 Å². The van der Waals surface area contributed by atoms with Crippen LogP contribution in [0.2, 0.25) is 5.28 Å². The standard InChI is InChI=1S/C11H13ClF3N3/c1-2-10(4-3-5-10)18-8-6-7(11(13,14)15)16-9(12)17-8/h6H,2-5H2,1H3,(H,16,17,18). The van der Waals surface area contributed by atoms with Gasteiger partial charge in [0, 0.05) is 11.6 Å². The zero-order valence-electron chi connectivity index (χ0n) is 9.81. The molecule has 100 valence electrons. The fourth-order valence-corrected chi connectivity index (χ4v) is 2.25. The van der Waals surface area contributed by atoms with E-state index in [9.17, 15) is 13.2 Å². The van der Waals surface area contributed by atoms with E-state index >= 15 is 0 Å². The summed E-state index contributed by atoms with van der Waals surface area (Å²) in [6.45, 7) is 2.00. The third-order valence-corrected chi connectivity index (χ3v) is 3.54. The molecule has 1 N–H and O–H groups in total. The quantitative estimate of drug-likeness (QED) is 0.853. The molecule has 0 amide bonds. The van der Waals surface area contributed by atoms with Crippen LogP contribution in [0.5, 0.6) is 0 Å². The predicted octanol–water partition coefficient (Wildman–Crippen LogP) is 3.89. The Morgan fingerprint density at radius 1 is 1.39 bits per heavy atom. The first-order valence-corrected chi connectivity index (χ1v) is 6.12. The predicted molar refractivity (Wildman–Crippen MR) is 62.5 cm³/mol. The number of aromatic nitrogens is 2. The van der Waals surface area contributed by atoms with Crippen molar-refractivity contribution >= 4 is 17.4 Å². The van der Waals surface area contributed by atoms with E-state index in [-0.39, 0.29) is 11.4 Å². The minimum absolute atomic E-state index is 0.138. The first-order valence-electron chi connectivity index (χ1n) is 5.75. The zero-order chi connectivity index (χ0) is 13.4. The summed E-state index contributed by atoms with van der Waals surface area (Å²) >= 11 is 5.53. The van der Waals surface area contributed by atoms with Gasteiger partial charge in [0.15, 0.2) is 5.69 Å². The van der Waals surface area contributed by atoms with Crippen LogP contribution in [0.4, 0.5) is 19.0 Å². The van der Waals surface area contributed by atoms with Crippen molar-refractivity contribution < 1.29 is 13.2 Å². The molecule has 0 bridgehead atoms. The Labute approximate surface area is 108 Å². The first-order chi connectivity index (χ1) is 8.35. The number of alkyl halides is 3. The number of rotatable bonds is 3. The highest BCUT2D eigenvalue weighted by Gasteiger charge is 2.37. The molecule has 0 aliphatic heterocycles. The maximum absolute atomic E-state index is 12.6. The second kappa shape index (κ2) is 4.57. The highest BCUT2D eigenvalue weighted by molar-refractivity contribution is 6.28. The molecule has 1 aromatic rings. The Hall–Kier alpha value is -1.04. The summed E-state index contributed by atoms with van der Waals surface area (Å²) in [5.41, 5.74) is -1.16. The Kier molecular flexibility index (Phi) is 3.40. The molecule has 0 aromatic carbocycles. The van der Waals surface area contributed by atoms with Crippen LogP contribution < -0.4 is 5.32 Å². The molecule has 7 heteroatoms. The summed E-state index contributed by atoms with van der Waals surface area (Å²) in [4.78, 5) is 7.00. The largest absolute Gasteiger partial charge is 0.433 e. The Morgan fingerprint density at radius 2 is 2.06 bits per heavy atom. The van der Waals surface area contributed by atoms with E-state index in [0.29, 0.717) is 0 Å². The summed E-state index contributed by atoms with van der Waals surface area (Å²) in [5.74, 6) is 0.142. The highest BCUT2D eigenvalue weighted by atomic mass is 35.5. The molecule has 0 atom stereocenters. The molecule has 0 unspecified atom stereocenters. The van der Waals surface area contributed by atoms with Crippen molar-refractivity contribution in [3.8, 4) is 0 Å². The van der Waals surface area contributed by atoms with Crippen molar-refractivity contribution in [1.29, 1.82) is 0 Å². The number of halogens is 4. The summed E-state index contributed by atoms with van der Waals surface area (Å²) in [6.07, 6.45) is -0.720. The maximum atomic E-state index is 12.6. The monoisotopic (exact) mass is 279 g/mol. The van der Waals surface area contributed by atoms with Crippen LogP contribution in [-0.2, 0) is 6.18 Å². The van der Waals surface area contributed by atoms with Crippen LogP contribution in [-0.4, -0.2) is 15.5 Å². The highest BCUT2D eigenvalue weighted by Crippen LogP contribution is 2.38. The molecule has 0 saturated heterocycles. The van der Waals surface area contributed by atoms with Crippen LogP contribution in [0.1, 0.15) is 38.3 Å². The van der Waals surface area contributed by atoms with Gasteiger partial charge < -0.3 is 5.32 Å². The molecule has 1 fully saturated rings. The van der Waals surface area contributed by atoms with Gasteiger partial charge in [0.25, 0.3) is 0 Å². The molecule has 1 heterocycles. The molecule has 1 aromatic heterocycles. The zero-order valence-corrected chi connectivity index (χ0v) is 10.6. The number of nitrogens with one attached hydrogen (secondary N) is 1. The Bertz CT molecular complexity index is 438. The summed E-state index contributed by atoms with van der Waals surface area (Å²) in [7, 11) is 0. The molecular weight excluding hydrogens is 267 g/mol. The van der Waals surface area contributed by atoms with Gasteiger partial charge >= 0.3 is 6.18 Å². The average molecular weight is 280 g/mol. The topological polar surface area (TPSA) is 37.8 Å². The normalized spacial score (nSPS) is 18.3. The molecule has 3 nitrogen and oxygen atoms in total. The van der Waals surface area contributed by atoms with E-state index in [0.717, 1.165) is 31.7 Å². The first kappa shape index (κ1) is 13.4. The van der Waals surface area contributed by atoms with Crippen LogP contribution in [0.3, 0.4) is 0 Å². The smallest absolute Gasteiger partial charge is 0.364 e. The van der Waals surface area contributed by atoms with Crippen LogP contribution in [0.15, 0.2) is 6.07 Å². The SMILES string of the molecule is CCC1(Nc2cc(C(F)(F)F)nc(Cl)n2)CCC1. The number of hydrogen-bond donors (Lipinski definition) is 1. The van der Waals surface area contributed by atoms with Crippen LogP contribution in [0.25, 0.3) is 0 Å². The fraction of sp³-hybridized carbons (Fsp3) is 0.636. The lowest BCUT2D eigenvalue weighted by molar-refractivity contribution is -0.141. The lowest BCUT2D eigenvalue weighted by Gasteiger charge is -2.42. The summed E-state index contributed by atoms with van der Waals surface area (Å²) < 4.78 is 37.7. The van der Waals surface area contributed by atoms with E-state index in [2.05, 4.69) is 15.3 Å². The fourth-order valence-electron chi connectivity index (χ4n) is 2.07. The Morgan fingerprint density at radius 3 is 2.50 bits per heavy atom. The van der Waals surface area contributed by atoms with Crippen LogP contribution >= 0.6 is 11.6 Å². The van der Waals surface area contributed by atoms with E-state index < -0.39 is 17.2 Å². The van der Waals surface area contributed by atoms with E-state index in [4.69, 9.17) is 11.6 Å². The molecule has 0 radical (unpaired) electrons. The molecule has 1 aliphatic carbocycles. The second-order valence-electron chi connectivity index (χ2n) is 4.52. The third-order valence-electron chi connectivity index (χ3n) is 3.37. The van der Waals surface area contributed by atoms with Crippen LogP contribution in [0, 0.1) is 0 Å². The lowest BCUT2D eigenvalue weighted by Crippen LogP contribution is -2.44. The molecular formula is C11H13ClF3N3. The van der Waals surface area contributed by atoms with Crippen molar-refractivity contribution in [3.63, 3.8) is 0 Å². The Balaban J connectivity index is 2.26. The van der Waals surface area contributed by atoms with Crippen molar-refractivity contribution in [2.24, 2.45) is 0 Å². The number of anilines is 1. The van der Waals surface area contributed by atoms with Gasteiger partial charge in [-0.2, -0.15) is 13.2 Å². The van der Waals surface area contributed by atoms with Crippen molar-refractivity contribution in [3.05, 3.63) is 17.0 Å². The molecule has 18 heavy (non-hydrogen) atoms. The lowest BCUT2D eigenvalue weighted by atomic mass is 9.75. The van der Waals surface area contributed by atoms with Crippen molar-refractivity contribution in [1.82, 2.24) is 9.97 Å². The number of nitrogens with zero attached hydrogens (tertiary/aromatic N) is 2. The van der Waals surface area contributed by atoms with Gasteiger partial charge in [-0.1, -0.05) is 6.92 Å². The van der Waals surface area contributed by atoms with Gasteiger partial charge in [0.2, 0.25) is 5.28 Å².